The van der Waals surface area contributed by atoms with E-state index in [1.165, 1.54) is 7.11 Å². The first kappa shape index (κ1) is 8.04. The molecule has 1 N–H and O–H groups in total. The molecule has 1 heterocycles. The topological polar surface area (TPSA) is 59.2 Å². The van der Waals surface area contributed by atoms with E-state index in [1.54, 1.807) is 6.07 Å². The highest BCUT2D eigenvalue weighted by molar-refractivity contribution is 5.92. The average Bonchev–Trinajstić information content (AvgIpc) is 2.59. The number of ether oxygens (including phenoxy) is 1. The van der Waals surface area contributed by atoms with Crippen molar-refractivity contribution in [2.45, 2.75) is 12.8 Å². The lowest BCUT2D eigenvalue weighted by Gasteiger charge is -1.94. The second-order valence-corrected chi connectivity index (χ2v) is 3.07. The van der Waals surface area contributed by atoms with E-state index in [2.05, 4.69) is 9.72 Å². The Balaban J connectivity index is 2.31. The van der Waals surface area contributed by atoms with Crippen LogP contribution in [0, 0.1) is 0 Å². The van der Waals surface area contributed by atoms with Crippen LogP contribution in [0.4, 0.5) is 0 Å². The molecule has 2 rings (SSSR count). The largest absolute Gasteiger partial charge is 0.464 e. The number of hydrogen-bond acceptors (Lipinski definition) is 3. The van der Waals surface area contributed by atoms with E-state index in [4.69, 9.17) is 0 Å². The normalized spacial score (nSPS) is 14.4. The molecule has 0 radical (unpaired) electrons. The number of ketones is 1. The quantitative estimate of drug-likeness (QED) is 0.637. The minimum absolute atomic E-state index is 0.192. The lowest BCUT2D eigenvalue weighted by molar-refractivity contribution is -0.117. The van der Waals surface area contributed by atoms with Gasteiger partial charge in [-0.3, -0.25) is 4.79 Å². The van der Waals surface area contributed by atoms with Crippen LogP contribution in [0.15, 0.2) is 6.07 Å². The van der Waals surface area contributed by atoms with Crippen LogP contribution >= 0.6 is 0 Å². The zero-order valence-corrected chi connectivity index (χ0v) is 7.22. The fourth-order valence-corrected chi connectivity index (χ4v) is 1.55. The number of rotatable bonds is 1. The van der Waals surface area contributed by atoms with Gasteiger partial charge in [-0.25, -0.2) is 4.79 Å². The highest BCUT2D eigenvalue weighted by Crippen LogP contribution is 2.20. The summed E-state index contributed by atoms with van der Waals surface area (Å²) in [5.41, 5.74) is 2.20. The summed E-state index contributed by atoms with van der Waals surface area (Å²) in [4.78, 5) is 24.9. The highest BCUT2D eigenvalue weighted by atomic mass is 16.5. The van der Waals surface area contributed by atoms with Crippen molar-refractivity contribution in [2.75, 3.05) is 7.11 Å². The van der Waals surface area contributed by atoms with Crippen LogP contribution in [0.3, 0.4) is 0 Å². The molecule has 13 heavy (non-hydrogen) atoms. The SMILES string of the molecule is COC(=O)c1cc2c([nH]1)CC(=O)C2. The number of fused-ring (bicyclic) bond motifs is 1. The number of hydrogen-bond donors (Lipinski definition) is 1. The first-order valence-corrected chi connectivity index (χ1v) is 4.01. The second-order valence-electron chi connectivity index (χ2n) is 3.07. The summed E-state index contributed by atoms with van der Waals surface area (Å²) < 4.78 is 4.54. The molecule has 68 valence electrons. The Morgan fingerprint density at radius 3 is 2.92 bits per heavy atom. The maximum absolute atomic E-state index is 11.1. The molecule has 1 aliphatic carbocycles. The fraction of sp³-hybridized carbons (Fsp3) is 0.333. The molecule has 0 saturated carbocycles. The summed E-state index contributed by atoms with van der Waals surface area (Å²) in [5.74, 6) is -0.195. The molecule has 0 aromatic carbocycles. The smallest absolute Gasteiger partial charge is 0.354 e. The number of methoxy groups -OCH3 is 1. The van der Waals surface area contributed by atoms with Gasteiger partial charge in [-0.1, -0.05) is 0 Å². The molecule has 0 spiro atoms. The molecule has 4 nitrogen and oxygen atoms in total. The predicted molar refractivity (Wildman–Crippen MR) is 44.5 cm³/mol. The number of carbonyl (C=O) groups is 2. The summed E-state index contributed by atoms with van der Waals surface area (Å²) in [6.07, 6.45) is 0.842. The Morgan fingerprint density at radius 1 is 1.54 bits per heavy atom. The van der Waals surface area contributed by atoms with Crippen LogP contribution in [0.2, 0.25) is 0 Å². The molecule has 0 bridgehead atoms. The van der Waals surface area contributed by atoms with Crippen molar-refractivity contribution >= 4 is 11.8 Å². The summed E-state index contributed by atoms with van der Waals surface area (Å²) in [5, 5.41) is 0. The first-order valence-electron chi connectivity index (χ1n) is 4.01. The van der Waals surface area contributed by atoms with Crippen molar-refractivity contribution in [1.82, 2.24) is 4.98 Å². The Labute approximate surface area is 74.9 Å². The molecule has 0 unspecified atom stereocenters. The molecular weight excluding hydrogens is 170 g/mol. The molecular formula is C9H9NO3. The zero-order chi connectivity index (χ0) is 9.42. The van der Waals surface area contributed by atoms with E-state index in [0.717, 1.165) is 11.3 Å². The number of aromatic nitrogens is 1. The Bertz CT molecular complexity index is 353. The molecule has 1 aliphatic rings. The molecule has 0 saturated heterocycles. The zero-order valence-electron chi connectivity index (χ0n) is 7.22. The fourth-order valence-electron chi connectivity index (χ4n) is 1.55. The van der Waals surface area contributed by atoms with E-state index in [-0.39, 0.29) is 11.8 Å². The lowest BCUT2D eigenvalue weighted by Crippen LogP contribution is -2.03. The van der Waals surface area contributed by atoms with Crippen molar-refractivity contribution in [3.63, 3.8) is 0 Å². The first-order chi connectivity index (χ1) is 6.20. The van der Waals surface area contributed by atoms with Gasteiger partial charge in [0.05, 0.1) is 7.11 Å². The maximum atomic E-state index is 11.1. The van der Waals surface area contributed by atoms with Crippen LogP contribution < -0.4 is 0 Å². The third-order valence-electron chi connectivity index (χ3n) is 2.16. The van der Waals surface area contributed by atoms with Gasteiger partial charge in [0, 0.05) is 18.5 Å². The third-order valence-corrected chi connectivity index (χ3v) is 2.16. The van der Waals surface area contributed by atoms with Crippen LogP contribution in [0.1, 0.15) is 21.7 Å². The van der Waals surface area contributed by atoms with Gasteiger partial charge < -0.3 is 9.72 Å². The Hall–Kier alpha value is -1.58. The van der Waals surface area contributed by atoms with E-state index >= 15 is 0 Å². The van der Waals surface area contributed by atoms with Gasteiger partial charge in [0.25, 0.3) is 0 Å². The Morgan fingerprint density at radius 2 is 2.31 bits per heavy atom. The molecule has 1 aromatic heterocycles. The number of nitrogens with one attached hydrogen (secondary N) is 1. The van der Waals surface area contributed by atoms with E-state index in [1.807, 2.05) is 0 Å². The van der Waals surface area contributed by atoms with Crippen molar-refractivity contribution in [2.24, 2.45) is 0 Å². The van der Waals surface area contributed by atoms with Gasteiger partial charge >= 0.3 is 5.97 Å². The monoisotopic (exact) mass is 179 g/mol. The highest BCUT2D eigenvalue weighted by Gasteiger charge is 2.22. The maximum Gasteiger partial charge on any atom is 0.354 e. The van der Waals surface area contributed by atoms with Crippen molar-refractivity contribution in [3.8, 4) is 0 Å². The van der Waals surface area contributed by atoms with Crippen LogP contribution in [-0.2, 0) is 22.4 Å². The van der Waals surface area contributed by atoms with Gasteiger partial charge in [-0.05, 0) is 11.6 Å². The standard InChI is InChI=1S/C9H9NO3/c1-13-9(12)8-3-5-2-6(11)4-7(5)10-8/h3,10H,2,4H2,1H3. The average molecular weight is 179 g/mol. The number of esters is 1. The Kier molecular flexibility index (Phi) is 1.69. The molecule has 0 amide bonds. The molecule has 1 aromatic rings. The van der Waals surface area contributed by atoms with Gasteiger partial charge in [-0.15, -0.1) is 0 Å². The van der Waals surface area contributed by atoms with Crippen molar-refractivity contribution in [1.29, 1.82) is 0 Å². The van der Waals surface area contributed by atoms with Gasteiger partial charge in [0.15, 0.2) is 0 Å². The summed E-state index contributed by atoms with van der Waals surface area (Å²) in [6, 6.07) is 1.69. The summed E-state index contributed by atoms with van der Waals surface area (Å²) in [6.45, 7) is 0. The van der Waals surface area contributed by atoms with Crippen LogP contribution in [0.5, 0.6) is 0 Å². The third kappa shape index (κ3) is 1.24. The van der Waals surface area contributed by atoms with Crippen LogP contribution in [0.25, 0.3) is 0 Å². The minimum Gasteiger partial charge on any atom is -0.464 e. The van der Waals surface area contributed by atoms with Crippen molar-refractivity contribution < 1.29 is 14.3 Å². The number of Topliss-reactive ketones (excluding diaryl/α,β-unsaturated/α-hetero) is 1. The molecule has 4 heteroatoms. The van der Waals surface area contributed by atoms with E-state index in [0.29, 0.717) is 18.5 Å². The minimum atomic E-state index is -0.387. The van der Waals surface area contributed by atoms with E-state index < -0.39 is 0 Å². The van der Waals surface area contributed by atoms with Gasteiger partial charge in [0.1, 0.15) is 11.5 Å². The lowest BCUT2D eigenvalue weighted by atomic mass is 10.2. The summed E-state index contributed by atoms with van der Waals surface area (Å²) >= 11 is 0. The van der Waals surface area contributed by atoms with Gasteiger partial charge in [-0.2, -0.15) is 0 Å². The number of carbonyl (C=O) groups excluding carboxylic acids is 2. The molecule has 0 fully saturated rings. The molecule has 0 aliphatic heterocycles. The van der Waals surface area contributed by atoms with Gasteiger partial charge in [0.2, 0.25) is 0 Å². The predicted octanol–water partition coefficient (Wildman–Crippen LogP) is 0.469. The number of H-pyrrole nitrogens is 1. The molecule has 0 atom stereocenters. The summed E-state index contributed by atoms with van der Waals surface area (Å²) in [7, 11) is 1.33. The van der Waals surface area contributed by atoms with E-state index in [9.17, 15) is 9.59 Å². The second kappa shape index (κ2) is 2.73. The number of aromatic amines is 1. The van der Waals surface area contributed by atoms with Crippen molar-refractivity contribution in [3.05, 3.63) is 23.0 Å². The van der Waals surface area contributed by atoms with Crippen LogP contribution in [-0.4, -0.2) is 23.8 Å².